The first-order valence-corrected chi connectivity index (χ1v) is 14.0. The molecule has 0 spiro atoms. The van der Waals surface area contributed by atoms with Crippen LogP contribution in [0.15, 0.2) is 60.8 Å². The first-order valence-electron chi connectivity index (χ1n) is 12.9. The van der Waals surface area contributed by atoms with Crippen LogP contribution in [0.3, 0.4) is 0 Å². The molecule has 0 saturated carbocycles. The molecule has 4 nitrogen and oxygen atoms in total. The highest BCUT2D eigenvalue weighted by Crippen LogP contribution is 2.38. The third-order valence-electron chi connectivity index (χ3n) is 7.35. The van der Waals surface area contributed by atoms with Crippen molar-refractivity contribution in [2.75, 3.05) is 32.7 Å². The van der Waals surface area contributed by atoms with Gasteiger partial charge in [-0.1, -0.05) is 59.1 Å². The van der Waals surface area contributed by atoms with E-state index < -0.39 is 0 Å². The van der Waals surface area contributed by atoms with Crippen LogP contribution in [0.4, 0.5) is 0 Å². The number of hydrogen-bond donors (Lipinski definition) is 1. The SMILES string of the molecule is Cc1cccc(Cl)c1-c1cn(CCCN)c2ccc(CN3CCN(Cc4c(Cl)cccc4Cl)CC3)cc12. The molecule has 0 bridgehead atoms. The molecule has 0 atom stereocenters. The van der Waals surface area contributed by atoms with Crippen molar-refractivity contribution in [1.82, 2.24) is 14.4 Å². The minimum Gasteiger partial charge on any atom is -0.347 e. The zero-order valence-corrected chi connectivity index (χ0v) is 23.5. The second-order valence-electron chi connectivity index (χ2n) is 9.91. The van der Waals surface area contributed by atoms with Gasteiger partial charge in [-0.3, -0.25) is 9.80 Å². The predicted molar refractivity (Wildman–Crippen MR) is 158 cm³/mol. The lowest BCUT2D eigenvalue weighted by Gasteiger charge is -2.35. The molecule has 0 amide bonds. The average Bonchev–Trinajstić information content (AvgIpc) is 3.23. The van der Waals surface area contributed by atoms with E-state index in [-0.39, 0.29) is 0 Å². The molecule has 2 heterocycles. The summed E-state index contributed by atoms with van der Waals surface area (Å²) >= 11 is 19.5. The molecule has 1 aliphatic rings. The van der Waals surface area contributed by atoms with Gasteiger partial charge in [-0.25, -0.2) is 0 Å². The average molecular weight is 556 g/mol. The summed E-state index contributed by atoms with van der Waals surface area (Å²) in [5.41, 5.74) is 12.9. The first kappa shape index (κ1) is 26.6. The Hall–Kier alpha value is -2.05. The molecule has 5 rings (SSSR count). The summed E-state index contributed by atoms with van der Waals surface area (Å²) in [5.74, 6) is 0. The zero-order valence-electron chi connectivity index (χ0n) is 21.2. The van der Waals surface area contributed by atoms with Gasteiger partial charge >= 0.3 is 0 Å². The van der Waals surface area contributed by atoms with Gasteiger partial charge in [0, 0.05) is 94.7 Å². The Morgan fingerprint density at radius 1 is 0.811 bits per heavy atom. The Labute approximate surface area is 234 Å². The molecular formula is C30H33Cl3N4. The van der Waals surface area contributed by atoms with E-state index in [9.17, 15) is 0 Å². The molecule has 0 aliphatic carbocycles. The van der Waals surface area contributed by atoms with E-state index in [1.165, 1.54) is 27.6 Å². The van der Waals surface area contributed by atoms with Gasteiger partial charge in [-0.15, -0.1) is 0 Å². The van der Waals surface area contributed by atoms with Crippen molar-refractivity contribution in [1.29, 1.82) is 0 Å². The highest BCUT2D eigenvalue weighted by Gasteiger charge is 2.20. The summed E-state index contributed by atoms with van der Waals surface area (Å²) in [6.07, 6.45) is 3.19. The maximum absolute atomic E-state index is 6.71. The molecule has 37 heavy (non-hydrogen) atoms. The van der Waals surface area contributed by atoms with Crippen LogP contribution in [0.1, 0.15) is 23.1 Å². The Kier molecular flexibility index (Phi) is 8.45. The Bertz CT molecular complexity index is 1350. The van der Waals surface area contributed by atoms with E-state index in [2.05, 4.69) is 51.8 Å². The quantitative estimate of drug-likeness (QED) is 0.249. The molecule has 4 aromatic rings. The fourth-order valence-corrected chi connectivity index (χ4v) is 6.17. The van der Waals surface area contributed by atoms with Crippen molar-refractivity contribution in [3.05, 3.63) is 92.6 Å². The van der Waals surface area contributed by atoms with Gasteiger partial charge in [-0.2, -0.15) is 0 Å². The lowest BCUT2D eigenvalue weighted by atomic mass is 9.99. The molecule has 1 aliphatic heterocycles. The van der Waals surface area contributed by atoms with Gasteiger partial charge in [0.05, 0.1) is 0 Å². The van der Waals surface area contributed by atoms with Gasteiger partial charge in [-0.05, 0) is 61.3 Å². The number of nitrogens with zero attached hydrogens (tertiary/aromatic N) is 3. The standard InChI is InChI=1S/C30H33Cl3N4/c1-21-5-2-8-28(33)30(21)24-20-37(12-4-11-34)29-10-9-22(17-23(24)29)18-35-13-15-36(16-14-35)19-25-26(31)6-3-7-27(25)32/h2-3,5-10,17,20H,4,11-16,18-19,34H2,1H3. The Morgan fingerprint density at radius 2 is 1.46 bits per heavy atom. The van der Waals surface area contributed by atoms with Crippen LogP contribution in [0.5, 0.6) is 0 Å². The molecule has 2 N–H and O–H groups in total. The van der Waals surface area contributed by atoms with Crippen LogP contribution in [0.25, 0.3) is 22.0 Å². The smallest absolute Gasteiger partial charge is 0.0487 e. The maximum atomic E-state index is 6.71. The molecular weight excluding hydrogens is 523 g/mol. The Morgan fingerprint density at radius 3 is 2.14 bits per heavy atom. The van der Waals surface area contributed by atoms with Crippen LogP contribution >= 0.6 is 34.8 Å². The first-order chi connectivity index (χ1) is 17.9. The number of nitrogens with two attached hydrogens (primary N) is 1. The van der Waals surface area contributed by atoms with Crippen molar-refractivity contribution in [3.63, 3.8) is 0 Å². The number of aryl methyl sites for hydroxylation is 2. The van der Waals surface area contributed by atoms with Crippen LogP contribution in [-0.4, -0.2) is 47.1 Å². The van der Waals surface area contributed by atoms with Gasteiger partial charge in [0.15, 0.2) is 0 Å². The zero-order chi connectivity index (χ0) is 25.9. The van der Waals surface area contributed by atoms with E-state index in [0.29, 0.717) is 6.54 Å². The number of hydrogen-bond acceptors (Lipinski definition) is 3. The molecule has 1 saturated heterocycles. The fraction of sp³-hybridized carbons (Fsp3) is 0.333. The summed E-state index contributed by atoms with van der Waals surface area (Å²) in [6, 6.07) is 18.7. The van der Waals surface area contributed by atoms with Crippen molar-refractivity contribution in [2.24, 2.45) is 5.73 Å². The lowest BCUT2D eigenvalue weighted by Crippen LogP contribution is -2.45. The number of halogens is 3. The summed E-state index contributed by atoms with van der Waals surface area (Å²) in [5, 5.41) is 3.52. The molecule has 0 radical (unpaired) electrons. The predicted octanol–water partition coefficient (Wildman–Crippen LogP) is 7.24. The summed E-state index contributed by atoms with van der Waals surface area (Å²) < 4.78 is 2.32. The molecule has 3 aromatic carbocycles. The summed E-state index contributed by atoms with van der Waals surface area (Å²) in [4.78, 5) is 4.96. The maximum Gasteiger partial charge on any atom is 0.0487 e. The number of fused-ring (bicyclic) bond motifs is 1. The number of aromatic nitrogens is 1. The van der Waals surface area contributed by atoms with Gasteiger partial charge in [0.1, 0.15) is 0 Å². The minimum atomic E-state index is 0.673. The highest BCUT2D eigenvalue weighted by molar-refractivity contribution is 6.36. The van der Waals surface area contributed by atoms with Crippen LogP contribution < -0.4 is 5.73 Å². The van der Waals surface area contributed by atoms with Crippen molar-refractivity contribution >= 4 is 45.7 Å². The third kappa shape index (κ3) is 5.85. The van der Waals surface area contributed by atoms with Gasteiger partial charge in [0.2, 0.25) is 0 Å². The summed E-state index contributed by atoms with van der Waals surface area (Å²) in [7, 11) is 0. The Balaban J connectivity index is 1.35. The molecule has 194 valence electrons. The van der Waals surface area contributed by atoms with Crippen LogP contribution in [-0.2, 0) is 19.6 Å². The van der Waals surface area contributed by atoms with E-state index in [1.807, 2.05) is 30.3 Å². The van der Waals surface area contributed by atoms with E-state index >= 15 is 0 Å². The van der Waals surface area contributed by atoms with Crippen molar-refractivity contribution in [3.8, 4) is 11.1 Å². The van der Waals surface area contributed by atoms with Crippen LogP contribution in [0, 0.1) is 6.92 Å². The largest absolute Gasteiger partial charge is 0.347 e. The normalized spacial score (nSPS) is 15.1. The van der Waals surface area contributed by atoms with Crippen LogP contribution in [0.2, 0.25) is 15.1 Å². The lowest BCUT2D eigenvalue weighted by molar-refractivity contribution is 0.122. The molecule has 1 aromatic heterocycles. The second kappa shape index (κ2) is 11.8. The number of piperazine rings is 1. The van der Waals surface area contributed by atoms with E-state index in [4.69, 9.17) is 40.5 Å². The fourth-order valence-electron chi connectivity index (χ4n) is 5.33. The molecule has 1 fully saturated rings. The van der Waals surface area contributed by atoms with Gasteiger partial charge in [0.25, 0.3) is 0 Å². The number of rotatable bonds is 8. The highest BCUT2D eigenvalue weighted by atomic mass is 35.5. The second-order valence-corrected chi connectivity index (χ2v) is 11.1. The van der Waals surface area contributed by atoms with E-state index in [1.54, 1.807) is 0 Å². The monoisotopic (exact) mass is 554 g/mol. The molecule has 7 heteroatoms. The van der Waals surface area contributed by atoms with Gasteiger partial charge < -0.3 is 10.3 Å². The van der Waals surface area contributed by atoms with Crippen molar-refractivity contribution < 1.29 is 0 Å². The topological polar surface area (TPSA) is 37.4 Å². The minimum absolute atomic E-state index is 0.673. The summed E-state index contributed by atoms with van der Waals surface area (Å²) in [6.45, 7) is 9.40. The van der Waals surface area contributed by atoms with Crippen molar-refractivity contribution in [2.45, 2.75) is 33.0 Å². The number of benzene rings is 3. The van der Waals surface area contributed by atoms with E-state index in [0.717, 1.165) is 78.4 Å². The third-order valence-corrected chi connectivity index (χ3v) is 8.38. The molecule has 0 unspecified atom stereocenters.